The van der Waals surface area contributed by atoms with Crippen molar-refractivity contribution in [2.24, 2.45) is 7.05 Å². The number of carbonyl (C=O) groups excluding carboxylic acids is 2. The normalized spacial score (nSPS) is 11.8. The first-order chi connectivity index (χ1) is 14.8. The van der Waals surface area contributed by atoms with Crippen molar-refractivity contribution in [1.82, 2.24) is 20.1 Å². The summed E-state index contributed by atoms with van der Waals surface area (Å²) in [6, 6.07) is 12.9. The maximum absolute atomic E-state index is 12.5. The van der Waals surface area contributed by atoms with Crippen LogP contribution in [-0.4, -0.2) is 32.3 Å². The number of benzene rings is 2. The smallest absolute Gasteiger partial charge is 0.251 e. The summed E-state index contributed by atoms with van der Waals surface area (Å²) in [5.74, 6) is 0.562. The number of nitrogens with one attached hydrogen (secondary N) is 2. The molecular weight excluding hydrogens is 410 g/mol. The molecule has 0 fully saturated rings. The molecule has 162 valence electrons. The van der Waals surface area contributed by atoms with Crippen molar-refractivity contribution in [3.63, 3.8) is 0 Å². The molecule has 2 amide bonds. The molecule has 0 radical (unpaired) electrons. The van der Waals surface area contributed by atoms with Gasteiger partial charge in [-0.15, -0.1) is 10.2 Å². The average molecular weight is 438 g/mol. The van der Waals surface area contributed by atoms with Crippen molar-refractivity contribution in [3.8, 4) is 0 Å². The molecule has 0 bridgehead atoms. The maximum Gasteiger partial charge on any atom is 0.251 e. The van der Waals surface area contributed by atoms with Gasteiger partial charge in [0.1, 0.15) is 0 Å². The quantitative estimate of drug-likeness (QED) is 0.546. The molecule has 0 saturated heterocycles. The standard InChI is InChI=1S/C23H27N5O2S/c1-14-8-6-10-18(12-14)22(30)24-17(4)21-26-27-23(28(21)5)31-13-20(29)25-19-11-7-9-15(2)16(19)3/h6-12,17H,13H2,1-5H3,(H,24,30)(H,25,29)/t17-/m1/s1. The number of amides is 2. The van der Waals surface area contributed by atoms with E-state index in [0.29, 0.717) is 16.5 Å². The summed E-state index contributed by atoms with van der Waals surface area (Å²) in [7, 11) is 1.83. The van der Waals surface area contributed by atoms with Gasteiger partial charge in [-0.25, -0.2) is 0 Å². The first kappa shape index (κ1) is 22.6. The molecule has 2 aromatic carbocycles. The number of carbonyl (C=O) groups is 2. The third-order valence-corrected chi connectivity index (χ3v) is 6.12. The maximum atomic E-state index is 12.5. The van der Waals surface area contributed by atoms with Gasteiger partial charge in [-0.2, -0.15) is 0 Å². The number of aryl methyl sites for hydroxylation is 2. The van der Waals surface area contributed by atoms with E-state index < -0.39 is 0 Å². The third kappa shape index (κ3) is 5.52. The van der Waals surface area contributed by atoms with Gasteiger partial charge in [-0.3, -0.25) is 9.59 Å². The van der Waals surface area contributed by atoms with Crippen molar-refractivity contribution in [1.29, 1.82) is 0 Å². The Balaban J connectivity index is 1.59. The fourth-order valence-corrected chi connectivity index (χ4v) is 3.88. The summed E-state index contributed by atoms with van der Waals surface area (Å²) in [4.78, 5) is 24.9. The summed E-state index contributed by atoms with van der Waals surface area (Å²) in [5.41, 5.74) is 4.63. The molecule has 0 aliphatic rings. The van der Waals surface area contributed by atoms with E-state index in [2.05, 4.69) is 20.8 Å². The van der Waals surface area contributed by atoms with E-state index in [1.54, 1.807) is 10.6 Å². The van der Waals surface area contributed by atoms with E-state index in [4.69, 9.17) is 0 Å². The number of hydrogen-bond donors (Lipinski definition) is 2. The molecule has 3 aromatic rings. The van der Waals surface area contributed by atoms with Crippen molar-refractivity contribution >= 4 is 29.3 Å². The monoisotopic (exact) mass is 437 g/mol. The molecule has 7 nitrogen and oxygen atoms in total. The van der Waals surface area contributed by atoms with Gasteiger partial charge in [0, 0.05) is 18.3 Å². The second-order valence-electron chi connectivity index (χ2n) is 7.55. The number of thioether (sulfide) groups is 1. The zero-order valence-electron chi connectivity index (χ0n) is 18.4. The summed E-state index contributed by atoms with van der Waals surface area (Å²) >= 11 is 1.30. The topological polar surface area (TPSA) is 88.9 Å². The summed E-state index contributed by atoms with van der Waals surface area (Å²) in [5, 5.41) is 14.9. The van der Waals surface area contributed by atoms with Gasteiger partial charge < -0.3 is 15.2 Å². The molecule has 1 atom stereocenters. The number of aromatic nitrogens is 3. The Morgan fingerprint density at radius 3 is 2.58 bits per heavy atom. The molecule has 0 aliphatic carbocycles. The van der Waals surface area contributed by atoms with Crippen LogP contribution in [0.5, 0.6) is 0 Å². The lowest BCUT2D eigenvalue weighted by atomic mass is 10.1. The predicted octanol–water partition coefficient (Wildman–Crippen LogP) is 3.96. The van der Waals surface area contributed by atoms with Gasteiger partial charge in [-0.05, 0) is 57.0 Å². The molecule has 2 N–H and O–H groups in total. The second-order valence-corrected chi connectivity index (χ2v) is 8.49. The number of hydrogen-bond acceptors (Lipinski definition) is 5. The molecule has 0 aliphatic heterocycles. The van der Waals surface area contributed by atoms with Crippen LogP contribution in [0, 0.1) is 20.8 Å². The highest BCUT2D eigenvalue weighted by atomic mass is 32.2. The van der Waals surface area contributed by atoms with Gasteiger partial charge in [-0.1, -0.05) is 41.6 Å². The molecule has 1 aromatic heterocycles. The molecule has 8 heteroatoms. The van der Waals surface area contributed by atoms with Crippen LogP contribution in [0.3, 0.4) is 0 Å². The highest BCUT2D eigenvalue weighted by molar-refractivity contribution is 7.99. The highest BCUT2D eigenvalue weighted by Crippen LogP contribution is 2.21. The Bertz CT molecular complexity index is 1110. The molecule has 0 saturated carbocycles. The highest BCUT2D eigenvalue weighted by Gasteiger charge is 2.19. The van der Waals surface area contributed by atoms with Crippen LogP contribution in [0.15, 0.2) is 47.6 Å². The fourth-order valence-electron chi connectivity index (χ4n) is 3.16. The van der Waals surface area contributed by atoms with E-state index in [0.717, 1.165) is 22.4 Å². The van der Waals surface area contributed by atoms with Crippen LogP contribution in [0.1, 0.15) is 45.8 Å². The van der Waals surface area contributed by atoms with Gasteiger partial charge >= 0.3 is 0 Å². The Kier molecular flexibility index (Phi) is 7.12. The Morgan fingerprint density at radius 2 is 1.84 bits per heavy atom. The Morgan fingerprint density at radius 1 is 1.10 bits per heavy atom. The van der Waals surface area contributed by atoms with Crippen molar-refractivity contribution in [3.05, 3.63) is 70.5 Å². The van der Waals surface area contributed by atoms with Crippen LogP contribution in [0.25, 0.3) is 0 Å². The largest absolute Gasteiger partial charge is 0.342 e. The van der Waals surface area contributed by atoms with Gasteiger partial charge in [0.2, 0.25) is 5.91 Å². The van der Waals surface area contributed by atoms with Crippen LogP contribution in [0.4, 0.5) is 5.69 Å². The molecule has 3 rings (SSSR count). The first-order valence-electron chi connectivity index (χ1n) is 10.0. The van der Waals surface area contributed by atoms with E-state index in [1.165, 1.54) is 11.8 Å². The SMILES string of the molecule is Cc1cccc(C(=O)N[C@H](C)c2nnc(SCC(=O)Nc3cccc(C)c3C)n2C)c1. The lowest BCUT2D eigenvalue weighted by Crippen LogP contribution is -2.28. The Labute approximate surface area is 186 Å². The van der Waals surface area contributed by atoms with Crippen molar-refractivity contribution in [2.45, 2.75) is 38.9 Å². The van der Waals surface area contributed by atoms with E-state index >= 15 is 0 Å². The molecule has 0 spiro atoms. The van der Waals surface area contributed by atoms with Crippen LogP contribution < -0.4 is 10.6 Å². The molecule has 0 unspecified atom stereocenters. The van der Waals surface area contributed by atoms with Gasteiger partial charge in [0.15, 0.2) is 11.0 Å². The van der Waals surface area contributed by atoms with Crippen LogP contribution in [0.2, 0.25) is 0 Å². The predicted molar refractivity (Wildman–Crippen MR) is 123 cm³/mol. The number of anilines is 1. The zero-order valence-corrected chi connectivity index (χ0v) is 19.2. The lowest BCUT2D eigenvalue weighted by molar-refractivity contribution is -0.113. The average Bonchev–Trinajstić information content (AvgIpc) is 3.10. The summed E-state index contributed by atoms with van der Waals surface area (Å²) in [6.07, 6.45) is 0. The first-order valence-corrected chi connectivity index (χ1v) is 11.0. The van der Waals surface area contributed by atoms with Crippen molar-refractivity contribution < 1.29 is 9.59 Å². The second kappa shape index (κ2) is 9.78. The minimum Gasteiger partial charge on any atom is -0.342 e. The lowest BCUT2D eigenvalue weighted by Gasteiger charge is -2.14. The van der Waals surface area contributed by atoms with Crippen molar-refractivity contribution in [2.75, 3.05) is 11.1 Å². The molecular formula is C23H27N5O2S. The number of rotatable bonds is 7. The molecule has 31 heavy (non-hydrogen) atoms. The van der Waals surface area contributed by atoms with Gasteiger partial charge in [0.05, 0.1) is 11.8 Å². The Hall–Kier alpha value is -3.13. The van der Waals surface area contributed by atoms with Crippen LogP contribution in [-0.2, 0) is 11.8 Å². The van der Waals surface area contributed by atoms with Crippen LogP contribution >= 0.6 is 11.8 Å². The fraction of sp³-hybridized carbons (Fsp3) is 0.304. The van der Waals surface area contributed by atoms with E-state index in [1.807, 2.05) is 71.1 Å². The summed E-state index contributed by atoms with van der Waals surface area (Å²) < 4.78 is 1.80. The third-order valence-electron chi connectivity index (χ3n) is 5.09. The van der Waals surface area contributed by atoms with E-state index in [9.17, 15) is 9.59 Å². The minimum absolute atomic E-state index is 0.107. The molecule has 1 heterocycles. The summed E-state index contributed by atoms with van der Waals surface area (Å²) in [6.45, 7) is 7.81. The number of nitrogens with zero attached hydrogens (tertiary/aromatic N) is 3. The zero-order chi connectivity index (χ0) is 22.5. The van der Waals surface area contributed by atoms with E-state index in [-0.39, 0.29) is 23.6 Å². The minimum atomic E-state index is -0.330. The van der Waals surface area contributed by atoms with Gasteiger partial charge in [0.25, 0.3) is 5.91 Å².